The molecule has 0 unspecified atom stereocenters. The molecule has 0 bridgehead atoms. The molecule has 0 aliphatic carbocycles. The van der Waals surface area contributed by atoms with Crippen LogP contribution in [0, 0.1) is 0 Å². The highest BCUT2D eigenvalue weighted by Crippen LogP contribution is 1.99. The first-order valence-electron chi connectivity index (χ1n) is 4.64. The summed E-state index contributed by atoms with van der Waals surface area (Å²) in [6, 6.07) is 0. The van der Waals surface area contributed by atoms with Crippen LogP contribution < -0.4 is 0 Å². The summed E-state index contributed by atoms with van der Waals surface area (Å²) in [6.45, 7) is 2.15. The quantitative estimate of drug-likeness (QED) is 0.558. The maximum atomic E-state index is 11.1. The molecule has 0 aliphatic rings. The van der Waals surface area contributed by atoms with Crippen molar-refractivity contribution in [2.24, 2.45) is 0 Å². The molecule has 0 aliphatic heterocycles. The molecule has 4 nitrogen and oxygen atoms in total. The number of hydrogen-bond donors (Lipinski definition) is 0. The van der Waals surface area contributed by atoms with Crippen LogP contribution in [0.2, 0.25) is 0 Å². The minimum Gasteiger partial charge on any atom is -0.466 e. The van der Waals surface area contributed by atoms with Gasteiger partial charge in [0.05, 0.1) is 18.7 Å². The van der Waals surface area contributed by atoms with Gasteiger partial charge >= 0.3 is 5.97 Å². The second kappa shape index (κ2) is 6.19. The van der Waals surface area contributed by atoms with E-state index in [1.54, 1.807) is 25.5 Å². The van der Waals surface area contributed by atoms with Crippen LogP contribution in [0.3, 0.4) is 0 Å². The first-order chi connectivity index (χ1) is 7.22. The van der Waals surface area contributed by atoms with Gasteiger partial charge in [0.25, 0.3) is 0 Å². The Kier molecular flexibility index (Phi) is 4.83. The summed E-state index contributed by atoms with van der Waals surface area (Å²) in [5.74, 6) is -0.286. The topological polar surface area (TPSA) is 52.1 Å². The van der Waals surface area contributed by atoms with Crippen LogP contribution in [0.5, 0.6) is 0 Å². The average Bonchev–Trinajstić information content (AvgIpc) is 2.19. The number of carbonyl (C=O) groups is 1. The summed E-state index contributed by atoms with van der Waals surface area (Å²) < 4.78 is 4.79. The second-order valence-electron chi connectivity index (χ2n) is 2.89. The van der Waals surface area contributed by atoms with Crippen LogP contribution in [-0.2, 0) is 16.0 Å². The van der Waals surface area contributed by atoms with E-state index in [0.29, 0.717) is 17.9 Å². The fourth-order valence-electron chi connectivity index (χ4n) is 1.06. The monoisotopic (exact) mass is 224 g/mol. The molecule has 1 aromatic rings. The van der Waals surface area contributed by atoms with Gasteiger partial charge in [-0.15, -0.1) is 0 Å². The lowest BCUT2D eigenvalue weighted by atomic mass is 10.2. The van der Waals surface area contributed by atoms with E-state index in [1.807, 2.05) is 0 Å². The van der Waals surface area contributed by atoms with Crippen molar-refractivity contribution in [3.8, 4) is 0 Å². The number of rotatable bonds is 5. The summed E-state index contributed by atoms with van der Waals surface area (Å²) in [7, 11) is 0. The lowest BCUT2D eigenvalue weighted by Crippen LogP contribution is -2.12. The molecule has 0 amide bonds. The maximum Gasteiger partial charge on any atom is 0.310 e. The van der Waals surface area contributed by atoms with Crippen molar-refractivity contribution < 1.29 is 9.53 Å². The molecule has 1 rings (SSSR count). The zero-order chi connectivity index (χ0) is 11.1. The maximum absolute atomic E-state index is 11.1. The number of carbonyl (C=O) groups excluding carboxylic acids is 1. The second-order valence-corrected chi connectivity index (χ2v) is 3.47. The van der Waals surface area contributed by atoms with Crippen molar-refractivity contribution in [3.63, 3.8) is 0 Å². The molecule has 80 valence electrons. The predicted molar refractivity (Wildman–Crippen MR) is 59.6 cm³/mol. The third-order valence-electron chi connectivity index (χ3n) is 1.64. The Morgan fingerprint density at radius 1 is 1.53 bits per heavy atom. The van der Waals surface area contributed by atoms with Crippen LogP contribution in [0.1, 0.15) is 19.0 Å². The Labute approximate surface area is 93.7 Å². The minimum atomic E-state index is -0.286. The summed E-state index contributed by atoms with van der Waals surface area (Å²) in [4.78, 5) is 19.7. The van der Waals surface area contributed by atoms with Gasteiger partial charge in [-0.05, 0) is 6.92 Å². The van der Waals surface area contributed by atoms with Crippen molar-refractivity contribution in [2.45, 2.75) is 19.8 Å². The lowest BCUT2D eigenvalue weighted by Gasteiger charge is -2.02. The first kappa shape index (κ1) is 11.7. The molecule has 15 heavy (non-hydrogen) atoms. The normalized spacial score (nSPS) is 9.67. The predicted octanol–water partition coefficient (Wildman–Crippen LogP) is 1.34. The highest BCUT2D eigenvalue weighted by atomic mass is 32.1. The summed E-state index contributed by atoms with van der Waals surface area (Å²) >= 11 is 5.06. The average molecular weight is 224 g/mol. The van der Waals surface area contributed by atoms with Gasteiger partial charge in [-0.1, -0.05) is 12.2 Å². The number of nitrogens with zero attached hydrogens (tertiary/aromatic N) is 2. The summed E-state index contributed by atoms with van der Waals surface area (Å²) in [5.41, 5.74) is 0.770. The van der Waals surface area contributed by atoms with Gasteiger partial charge in [0.1, 0.15) is 0 Å². The Balaban J connectivity index is 2.40. The third kappa shape index (κ3) is 4.60. The molecule has 0 saturated carbocycles. The Morgan fingerprint density at radius 3 is 2.93 bits per heavy atom. The van der Waals surface area contributed by atoms with Gasteiger partial charge in [0.15, 0.2) is 0 Å². The van der Waals surface area contributed by atoms with Crippen molar-refractivity contribution in [1.82, 2.24) is 9.97 Å². The highest BCUT2D eigenvalue weighted by molar-refractivity contribution is 7.80. The van der Waals surface area contributed by atoms with E-state index >= 15 is 0 Å². The van der Waals surface area contributed by atoms with Gasteiger partial charge in [0, 0.05) is 29.9 Å². The smallest absolute Gasteiger partial charge is 0.310 e. The van der Waals surface area contributed by atoms with Crippen LogP contribution in [0.25, 0.3) is 0 Å². The number of hydrogen-bond acceptors (Lipinski definition) is 5. The number of thiocarbonyl (C=S) groups is 1. The zero-order valence-electron chi connectivity index (χ0n) is 8.47. The van der Waals surface area contributed by atoms with E-state index in [2.05, 4.69) is 9.97 Å². The molecule has 0 aromatic carbocycles. The third-order valence-corrected chi connectivity index (χ3v) is 1.93. The van der Waals surface area contributed by atoms with Crippen LogP contribution in [0.15, 0.2) is 18.6 Å². The number of esters is 1. The van der Waals surface area contributed by atoms with E-state index < -0.39 is 0 Å². The Morgan fingerprint density at radius 2 is 2.33 bits per heavy atom. The van der Waals surface area contributed by atoms with Crippen LogP contribution >= 0.6 is 12.2 Å². The van der Waals surface area contributed by atoms with Gasteiger partial charge in [0.2, 0.25) is 0 Å². The Bertz CT molecular complexity index is 341. The molecule has 0 fully saturated rings. The van der Waals surface area contributed by atoms with E-state index in [0.717, 1.165) is 5.69 Å². The van der Waals surface area contributed by atoms with E-state index in [1.165, 1.54) is 0 Å². The Hall–Kier alpha value is -1.36. The molecule has 0 spiro atoms. The molecule has 1 aromatic heterocycles. The largest absolute Gasteiger partial charge is 0.466 e. The van der Waals surface area contributed by atoms with Crippen molar-refractivity contribution >= 4 is 23.1 Å². The van der Waals surface area contributed by atoms with Gasteiger partial charge in [-0.2, -0.15) is 0 Å². The number of aromatic nitrogens is 2. The van der Waals surface area contributed by atoms with Gasteiger partial charge in [-0.3, -0.25) is 14.8 Å². The van der Waals surface area contributed by atoms with Gasteiger partial charge < -0.3 is 4.74 Å². The van der Waals surface area contributed by atoms with Crippen molar-refractivity contribution in [2.75, 3.05) is 6.61 Å². The molecular formula is C10H12N2O2S. The van der Waals surface area contributed by atoms with Gasteiger partial charge in [-0.25, -0.2) is 0 Å². The molecule has 5 heteroatoms. The SMILES string of the molecule is CCOC(=O)CC(=S)Cc1cnccn1. The molecule has 0 radical (unpaired) electrons. The molecule has 0 atom stereocenters. The van der Waals surface area contributed by atoms with E-state index in [-0.39, 0.29) is 12.4 Å². The molecule has 1 heterocycles. The van der Waals surface area contributed by atoms with Crippen molar-refractivity contribution in [1.29, 1.82) is 0 Å². The number of ether oxygens (including phenoxy) is 1. The summed E-state index contributed by atoms with van der Waals surface area (Å²) in [5, 5.41) is 0. The fourth-order valence-corrected chi connectivity index (χ4v) is 1.32. The molecule has 0 N–H and O–H groups in total. The molecule has 0 saturated heterocycles. The van der Waals surface area contributed by atoms with E-state index in [9.17, 15) is 4.79 Å². The summed E-state index contributed by atoms with van der Waals surface area (Å²) in [6.07, 6.45) is 5.49. The first-order valence-corrected chi connectivity index (χ1v) is 5.05. The van der Waals surface area contributed by atoms with Crippen molar-refractivity contribution in [3.05, 3.63) is 24.3 Å². The van der Waals surface area contributed by atoms with Crippen LogP contribution in [-0.4, -0.2) is 27.4 Å². The van der Waals surface area contributed by atoms with Crippen LogP contribution in [0.4, 0.5) is 0 Å². The zero-order valence-corrected chi connectivity index (χ0v) is 9.29. The van der Waals surface area contributed by atoms with E-state index in [4.69, 9.17) is 17.0 Å². The lowest BCUT2D eigenvalue weighted by molar-refractivity contribution is -0.141. The fraction of sp³-hybridized carbons (Fsp3) is 0.400. The molecular weight excluding hydrogens is 212 g/mol. The standard InChI is InChI=1S/C10H12N2O2S/c1-2-14-10(13)6-9(15)5-8-7-11-3-4-12-8/h3-4,7H,2,5-6H2,1H3. The highest BCUT2D eigenvalue weighted by Gasteiger charge is 2.07. The minimum absolute atomic E-state index is 0.166.